The van der Waals surface area contributed by atoms with E-state index in [-0.39, 0.29) is 11.8 Å². The number of likely N-dealkylation sites (tertiary alicyclic amines) is 1. The molecule has 2 aromatic rings. The molecule has 1 saturated heterocycles. The highest BCUT2D eigenvalue weighted by Gasteiger charge is 2.24. The van der Waals surface area contributed by atoms with Gasteiger partial charge in [0.15, 0.2) is 11.5 Å². The summed E-state index contributed by atoms with van der Waals surface area (Å²) in [5.74, 6) is 1.61. The molecular weight excluding hydrogens is 460 g/mol. The molecule has 2 amide bonds. The molecule has 2 aromatic carbocycles. The summed E-state index contributed by atoms with van der Waals surface area (Å²) in [5.41, 5.74) is 1.73. The summed E-state index contributed by atoms with van der Waals surface area (Å²) >= 11 is 3.52. The van der Waals surface area contributed by atoms with Crippen LogP contribution in [0.15, 0.2) is 46.9 Å². The second-order valence-corrected chi connectivity index (χ2v) is 8.56. The van der Waals surface area contributed by atoms with Crippen LogP contribution >= 0.6 is 15.9 Å². The third-order valence-corrected chi connectivity index (χ3v) is 6.47. The fourth-order valence-electron chi connectivity index (χ4n) is 3.79. The molecule has 0 spiro atoms. The van der Waals surface area contributed by atoms with Crippen LogP contribution in [0, 0.1) is 5.92 Å². The molecule has 0 saturated carbocycles. The second kappa shape index (κ2) is 11.2. The first-order valence-corrected chi connectivity index (χ1v) is 11.3. The number of halogens is 1. The van der Waals surface area contributed by atoms with E-state index in [4.69, 9.17) is 9.47 Å². The van der Waals surface area contributed by atoms with Crippen molar-refractivity contribution in [2.45, 2.75) is 25.7 Å². The normalized spacial score (nSPS) is 14.2. The Bertz CT molecular complexity index is 910. The standard InChI is InChI=1S/C24H29BrN2O4/c1-30-21-9-7-19(15-22(21)31-2)24(29)27-13-11-17(12-14-27)16-26-23(28)10-8-18-5-3-4-6-20(18)25/h3-7,9,15,17H,8,10-14,16H2,1-2H3,(H,26,28). The Balaban J connectivity index is 1.42. The molecule has 6 nitrogen and oxygen atoms in total. The topological polar surface area (TPSA) is 67.9 Å². The summed E-state index contributed by atoms with van der Waals surface area (Å²) < 4.78 is 11.6. The Labute approximate surface area is 192 Å². The number of aryl methyl sites for hydroxylation is 1. The molecule has 0 unspecified atom stereocenters. The molecule has 1 fully saturated rings. The van der Waals surface area contributed by atoms with Crippen LogP contribution in [-0.2, 0) is 11.2 Å². The fourth-order valence-corrected chi connectivity index (χ4v) is 4.27. The zero-order valence-corrected chi connectivity index (χ0v) is 19.6. The molecule has 3 rings (SSSR count). The van der Waals surface area contributed by atoms with Crippen LogP contribution in [0.5, 0.6) is 11.5 Å². The van der Waals surface area contributed by atoms with Crippen LogP contribution in [0.1, 0.15) is 35.2 Å². The van der Waals surface area contributed by atoms with Crippen molar-refractivity contribution in [3.63, 3.8) is 0 Å². The van der Waals surface area contributed by atoms with Gasteiger partial charge in [-0.3, -0.25) is 9.59 Å². The third kappa shape index (κ3) is 6.23. The number of nitrogens with one attached hydrogen (secondary N) is 1. The first-order chi connectivity index (χ1) is 15.0. The molecule has 0 aromatic heterocycles. The highest BCUT2D eigenvalue weighted by atomic mass is 79.9. The lowest BCUT2D eigenvalue weighted by atomic mass is 9.96. The quantitative estimate of drug-likeness (QED) is 0.607. The summed E-state index contributed by atoms with van der Waals surface area (Å²) in [7, 11) is 3.13. The average Bonchev–Trinajstić information content (AvgIpc) is 2.81. The lowest BCUT2D eigenvalue weighted by molar-refractivity contribution is -0.121. The van der Waals surface area contributed by atoms with Crippen molar-refractivity contribution in [3.8, 4) is 11.5 Å². The van der Waals surface area contributed by atoms with E-state index in [2.05, 4.69) is 21.2 Å². The van der Waals surface area contributed by atoms with Crippen LogP contribution in [0.25, 0.3) is 0 Å². The number of carbonyl (C=O) groups is 2. The number of carbonyl (C=O) groups excluding carboxylic acids is 2. The van der Waals surface area contributed by atoms with Crippen molar-refractivity contribution in [1.29, 1.82) is 0 Å². The van der Waals surface area contributed by atoms with Crippen LogP contribution < -0.4 is 14.8 Å². The van der Waals surface area contributed by atoms with Gasteiger partial charge in [-0.2, -0.15) is 0 Å². The van der Waals surface area contributed by atoms with E-state index in [1.165, 1.54) is 0 Å². The summed E-state index contributed by atoms with van der Waals surface area (Å²) in [6, 6.07) is 13.2. The first kappa shape index (κ1) is 23.1. The molecular formula is C24H29BrN2O4. The van der Waals surface area contributed by atoms with Crippen molar-refractivity contribution in [2.75, 3.05) is 33.9 Å². The fraction of sp³-hybridized carbons (Fsp3) is 0.417. The number of hydrogen-bond donors (Lipinski definition) is 1. The molecule has 1 aliphatic rings. The van der Waals surface area contributed by atoms with E-state index in [0.29, 0.717) is 55.5 Å². The van der Waals surface area contributed by atoms with Gasteiger partial charge in [-0.15, -0.1) is 0 Å². The van der Waals surface area contributed by atoms with Crippen molar-refractivity contribution < 1.29 is 19.1 Å². The van der Waals surface area contributed by atoms with E-state index in [1.54, 1.807) is 32.4 Å². The van der Waals surface area contributed by atoms with E-state index >= 15 is 0 Å². The zero-order chi connectivity index (χ0) is 22.2. The minimum Gasteiger partial charge on any atom is -0.493 e. The van der Waals surface area contributed by atoms with Crippen LogP contribution in [-0.4, -0.2) is 50.6 Å². The Kier molecular flexibility index (Phi) is 8.35. The first-order valence-electron chi connectivity index (χ1n) is 10.5. The highest BCUT2D eigenvalue weighted by molar-refractivity contribution is 9.10. The smallest absolute Gasteiger partial charge is 0.253 e. The van der Waals surface area contributed by atoms with Gasteiger partial charge in [0.05, 0.1) is 14.2 Å². The van der Waals surface area contributed by atoms with Gasteiger partial charge in [-0.05, 0) is 55.0 Å². The number of hydrogen-bond acceptors (Lipinski definition) is 4. The number of benzene rings is 2. The molecule has 7 heteroatoms. The SMILES string of the molecule is COc1ccc(C(=O)N2CCC(CNC(=O)CCc3ccccc3Br)CC2)cc1OC. The Morgan fingerprint density at radius 3 is 2.45 bits per heavy atom. The summed E-state index contributed by atoms with van der Waals surface area (Å²) in [6.07, 6.45) is 2.94. The summed E-state index contributed by atoms with van der Waals surface area (Å²) in [5, 5.41) is 3.06. The van der Waals surface area contributed by atoms with Crippen molar-refractivity contribution in [1.82, 2.24) is 10.2 Å². The monoisotopic (exact) mass is 488 g/mol. The van der Waals surface area contributed by atoms with E-state index in [9.17, 15) is 9.59 Å². The Hall–Kier alpha value is -2.54. The molecule has 1 aliphatic heterocycles. The van der Waals surface area contributed by atoms with Gasteiger partial charge in [-0.25, -0.2) is 0 Å². The Morgan fingerprint density at radius 1 is 1.06 bits per heavy atom. The van der Waals surface area contributed by atoms with Crippen molar-refractivity contribution in [2.24, 2.45) is 5.92 Å². The summed E-state index contributed by atoms with van der Waals surface area (Å²) in [4.78, 5) is 26.9. The van der Waals surface area contributed by atoms with Crippen LogP contribution in [0.4, 0.5) is 0 Å². The number of methoxy groups -OCH3 is 2. The lowest BCUT2D eigenvalue weighted by Gasteiger charge is -2.32. The predicted molar refractivity (Wildman–Crippen MR) is 124 cm³/mol. The average molecular weight is 489 g/mol. The van der Waals surface area contributed by atoms with Gasteiger partial charge < -0.3 is 19.7 Å². The van der Waals surface area contributed by atoms with Crippen molar-refractivity contribution in [3.05, 3.63) is 58.1 Å². The number of ether oxygens (including phenoxy) is 2. The molecule has 0 radical (unpaired) electrons. The molecule has 166 valence electrons. The minimum absolute atomic E-state index is 0.00289. The van der Waals surface area contributed by atoms with E-state index < -0.39 is 0 Å². The maximum atomic E-state index is 12.8. The van der Waals surface area contributed by atoms with Crippen LogP contribution in [0.3, 0.4) is 0 Å². The molecule has 1 N–H and O–H groups in total. The largest absolute Gasteiger partial charge is 0.493 e. The second-order valence-electron chi connectivity index (χ2n) is 7.70. The van der Waals surface area contributed by atoms with Crippen molar-refractivity contribution >= 4 is 27.7 Å². The number of piperidine rings is 1. The lowest BCUT2D eigenvalue weighted by Crippen LogP contribution is -2.41. The maximum Gasteiger partial charge on any atom is 0.253 e. The van der Waals surface area contributed by atoms with E-state index in [1.807, 2.05) is 29.2 Å². The van der Waals surface area contributed by atoms with Gasteiger partial charge in [0.25, 0.3) is 5.91 Å². The number of rotatable bonds is 8. The van der Waals surface area contributed by atoms with Gasteiger partial charge in [0, 0.05) is 36.1 Å². The van der Waals surface area contributed by atoms with Crippen LogP contribution in [0.2, 0.25) is 0 Å². The molecule has 0 bridgehead atoms. The van der Waals surface area contributed by atoms with Gasteiger partial charge in [0.1, 0.15) is 0 Å². The Morgan fingerprint density at radius 2 is 1.77 bits per heavy atom. The molecule has 1 heterocycles. The highest BCUT2D eigenvalue weighted by Crippen LogP contribution is 2.28. The van der Waals surface area contributed by atoms with E-state index in [0.717, 1.165) is 22.9 Å². The van der Waals surface area contributed by atoms with Gasteiger partial charge in [0.2, 0.25) is 5.91 Å². The predicted octanol–water partition coefficient (Wildman–Crippen LogP) is 4.07. The zero-order valence-electron chi connectivity index (χ0n) is 18.0. The number of amides is 2. The van der Waals surface area contributed by atoms with Gasteiger partial charge in [-0.1, -0.05) is 34.1 Å². The van der Waals surface area contributed by atoms with Gasteiger partial charge >= 0.3 is 0 Å². The molecule has 0 aliphatic carbocycles. The number of nitrogens with zero attached hydrogens (tertiary/aromatic N) is 1. The summed E-state index contributed by atoms with van der Waals surface area (Å²) in [6.45, 7) is 2.03. The maximum absolute atomic E-state index is 12.8. The minimum atomic E-state index is -0.00289. The molecule has 31 heavy (non-hydrogen) atoms. The molecule has 0 atom stereocenters. The third-order valence-electron chi connectivity index (χ3n) is 5.70.